The summed E-state index contributed by atoms with van der Waals surface area (Å²) in [5, 5.41) is 0. The van der Waals surface area contributed by atoms with Crippen molar-refractivity contribution in [2.24, 2.45) is 5.41 Å². The standard InChI is InChI=1S/C17H24N2O3/c1-12-9-13(20)10-14(18-12)16(21)19-8-4-7-17(11-19)6-3-5-15(17)22-2/h9-10,15H,3-8,11H2,1-2H3,(H,18,20)/t15?,17-/m1/s1. The molecule has 2 fully saturated rings. The van der Waals surface area contributed by atoms with Gasteiger partial charge in [0.2, 0.25) is 0 Å². The van der Waals surface area contributed by atoms with Crippen molar-refractivity contribution < 1.29 is 9.53 Å². The van der Waals surface area contributed by atoms with Crippen molar-refractivity contribution in [2.75, 3.05) is 20.2 Å². The fourth-order valence-electron chi connectivity index (χ4n) is 4.24. The topological polar surface area (TPSA) is 62.4 Å². The number of nitrogens with one attached hydrogen (secondary N) is 1. The highest BCUT2D eigenvalue weighted by Crippen LogP contribution is 2.46. The Labute approximate surface area is 130 Å². The first-order valence-corrected chi connectivity index (χ1v) is 8.07. The second-order valence-corrected chi connectivity index (χ2v) is 6.72. The van der Waals surface area contributed by atoms with Gasteiger partial charge in [0.05, 0.1) is 6.10 Å². The first-order chi connectivity index (χ1) is 10.5. The van der Waals surface area contributed by atoms with Crippen LogP contribution < -0.4 is 5.43 Å². The monoisotopic (exact) mass is 304 g/mol. The fourth-order valence-corrected chi connectivity index (χ4v) is 4.24. The van der Waals surface area contributed by atoms with Crippen LogP contribution in [-0.2, 0) is 4.74 Å². The predicted octanol–water partition coefficient (Wildman–Crippen LogP) is 2.10. The molecular weight excluding hydrogens is 280 g/mol. The Bertz CT molecular complexity index is 625. The van der Waals surface area contributed by atoms with E-state index in [1.165, 1.54) is 18.6 Å². The zero-order valence-electron chi connectivity index (χ0n) is 13.4. The molecule has 0 bridgehead atoms. The van der Waals surface area contributed by atoms with Gasteiger partial charge in [0.25, 0.3) is 5.91 Å². The van der Waals surface area contributed by atoms with Crippen molar-refractivity contribution in [2.45, 2.75) is 45.1 Å². The molecule has 1 aliphatic carbocycles. The number of methoxy groups -OCH3 is 1. The lowest BCUT2D eigenvalue weighted by molar-refractivity contribution is -0.0296. The number of aromatic amines is 1. The molecular formula is C17H24N2O3. The number of amides is 1. The number of carbonyl (C=O) groups excluding carboxylic acids is 1. The number of likely N-dealkylation sites (tertiary alicyclic amines) is 1. The van der Waals surface area contributed by atoms with Crippen LogP contribution in [0.4, 0.5) is 0 Å². The quantitative estimate of drug-likeness (QED) is 0.910. The average molecular weight is 304 g/mol. The minimum absolute atomic E-state index is 0.0679. The van der Waals surface area contributed by atoms with Gasteiger partial charge in [0.1, 0.15) is 5.69 Å². The van der Waals surface area contributed by atoms with E-state index in [2.05, 4.69) is 4.98 Å². The van der Waals surface area contributed by atoms with Gasteiger partial charge < -0.3 is 14.6 Å². The van der Waals surface area contributed by atoms with E-state index < -0.39 is 0 Å². The van der Waals surface area contributed by atoms with Crippen molar-refractivity contribution >= 4 is 5.91 Å². The maximum absolute atomic E-state index is 12.8. The normalized spacial score (nSPS) is 28.3. The third-order valence-corrected chi connectivity index (χ3v) is 5.21. The van der Waals surface area contributed by atoms with Gasteiger partial charge in [-0.1, -0.05) is 6.42 Å². The van der Waals surface area contributed by atoms with Crippen LogP contribution >= 0.6 is 0 Å². The Hall–Kier alpha value is -1.62. The molecule has 120 valence electrons. The van der Waals surface area contributed by atoms with Crippen LogP contribution in [0, 0.1) is 12.3 Å². The molecule has 22 heavy (non-hydrogen) atoms. The van der Waals surface area contributed by atoms with Crippen LogP contribution in [0.15, 0.2) is 16.9 Å². The molecule has 1 spiro atoms. The van der Waals surface area contributed by atoms with Gasteiger partial charge in [0, 0.05) is 43.4 Å². The molecule has 1 unspecified atom stereocenters. The van der Waals surface area contributed by atoms with Gasteiger partial charge in [-0.05, 0) is 32.6 Å². The van der Waals surface area contributed by atoms with Crippen molar-refractivity contribution in [1.29, 1.82) is 0 Å². The first-order valence-electron chi connectivity index (χ1n) is 8.07. The Balaban J connectivity index is 1.82. The van der Waals surface area contributed by atoms with Crippen molar-refractivity contribution in [1.82, 2.24) is 9.88 Å². The van der Waals surface area contributed by atoms with E-state index in [9.17, 15) is 9.59 Å². The molecule has 2 aliphatic rings. The number of hydrogen-bond donors (Lipinski definition) is 1. The number of rotatable bonds is 2. The Morgan fingerprint density at radius 2 is 2.14 bits per heavy atom. The summed E-state index contributed by atoms with van der Waals surface area (Å²) in [4.78, 5) is 29.3. The van der Waals surface area contributed by atoms with E-state index in [-0.39, 0.29) is 22.9 Å². The summed E-state index contributed by atoms with van der Waals surface area (Å²) >= 11 is 0. The number of pyridine rings is 1. The van der Waals surface area contributed by atoms with E-state index in [0.29, 0.717) is 5.69 Å². The Morgan fingerprint density at radius 3 is 2.86 bits per heavy atom. The number of H-pyrrole nitrogens is 1. The maximum atomic E-state index is 12.8. The average Bonchev–Trinajstić information content (AvgIpc) is 2.87. The summed E-state index contributed by atoms with van der Waals surface area (Å²) in [6.45, 7) is 3.29. The number of carbonyl (C=O) groups is 1. The van der Waals surface area contributed by atoms with Crippen LogP contribution in [0.25, 0.3) is 0 Å². The lowest BCUT2D eigenvalue weighted by atomic mass is 9.76. The van der Waals surface area contributed by atoms with Gasteiger partial charge in [-0.25, -0.2) is 0 Å². The van der Waals surface area contributed by atoms with E-state index in [1.807, 2.05) is 4.90 Å². The molecule has 1 saturated heterocycles. The van der Waals surface area contributed by atoms with Crippen LogP contribution in [-0.4, -0.2) is 42.1 Å². The number of aromatic nitrogens is 1. The number of piperidine rings is 1. The largest absolute Gasteiger partial charge is 0.381 e. The molecule has 2 atom stereocenters. The highest BCUT2D eigenvalue weighted by molar-refractivity contribution is 5.92. The summed E-state index contributed by atoms with van der Waals surface area (Å²) in [6.07, 6.45) is 5.75. The van der Waals surface area contributed by atoms with Crippen molar-refractivity contribution in [3.63, 3.8) is 0 Å². The second kappa shape index (κ2) is 5.88. The van der Waals surface area contributed by atoms with Crippen LogP contribution in [0.5, 0.6) is 0 Å². The van der Waals surface area contributed by atoms with Gasteiger partial charge in [0.15, 0.2) is 5.43 Å². The van der Waals surface area contributed by atoms with Crippen molar-refractivity contribution in [3.05, 3.63) is 33.7 Å². The number of aryl methyl sites for hydroxylation is 1. The zero-order chi connectivity index (χ0) is 15.7. The number of ether oxygens (including phenoxy) is 1. The smallest absolute Gasteiger partial charge is 0.270 e. The highest BCUT2D eigenvalue weighted by atomic mass is 16.5. The molecule has 3 rings (SSSR count). The van der Waals surface area contributed by atoms with Crippen LogP contribution in [0.1, 0.15) is 48.3 Å². The summed E-state index contributed by atoms with van der Waals surface area (Å²) in [7, 11) is 1.77. The van der Waals surface area contributed by atoms with Crippen LogP contribution in [0.3, 0.4) is 0 Å². The van der Waals surface area contributed by atoms with E-state index in [4.69, 9.17) is 4.74 Å². The zero-order valence-corrected chi connectivity index (χ0v) is 13.4. The van der Waals surface area contributed by atoms with Gasteiger partial charge in [-0.2, -0.15) is 0 Å². The summed E-state index contributed by atoms with van der Waals surface area (Å²) < 4.78 is 5.68. The van der Waals surface area contributed by atoms with Crippen LogP contribution in [0.2, 0.25) is 0 Å². The van der Waals surface area contributed by atoms with E-state index in [1.54, 1.807) is 14.0 Å². The fraction of sp³-hybridized carbons (Fsp3) is 0.647. The highest BCUT2D eigenvalue weighted by Gasteiger charge is 2.46. The summed E-state index contributed by atoms with van der Waals surface area (Å²) in [5.41, 5.74) is 1.10. The molecule has 0 aromatic carbocycles. The molecule has 1 saturated carbocycles. The molecule has 0 radical (unpaired) electrons. The SMILES string of the molecule is COC1CCC[C@]12CCCN(C(=O)c1cc(=O)cc(C)[nH]1)C2. The third kappa shape index (κ3) is 2.70. The summed E-state index contributed by atoms with van der Waals surface area (Å²) in [5.74, 6) is -0.0679. The van der Waals surface area contributed by atoms with Gasteiger partial charge >= 0.3 is 0 Å². The summed E-state index contributed by atoms with van der Waals surface area (Å²) in [6, 6.07) is 2.91. The lowest BCUT2D eigenvalue weighted by Crippen LogP contribution is -2.50. The predicted molar refractivity (Wildman–Crippen MR) is 84.0 cm³/mol. The van der Waals surface area contributed by atoms with Crippen molar-refractivity contribution in [3.8, 4) is 0 Å². The molecule has 1 amide bonds. The van der Waals surface area contributed by atoms with E-state index >= 15 is 0 Å². The molecule has 1 N–H and O–H groups in total. The third-order valence-electron chi connectivity index (χ3n) is 5.21. The van der Waals surface area contributed by atoms with Gasteiger partial charge in [-0.15, -0.1) is 0 Å². The molecule has 5 nitrogen and oxygen atoms in total. The lowest BCUT2D eigenvalue weighted by Gasteiger charge is -2.43. The molecule has 1 aliphatic heterocycles. The number of hydrogen-bond acceptors (Lipinski definition) is 3. The van der Waals surface area contributed by atoms with Gasteiger partial charge in [-0.3, -0.25) is 9.59 Å². The minimum atomic E-state index is -0.123. The first kappa shape index (κ1) is 15.3. The minimum Gasteiger partial charge on any atom is -0.381 e. The maximum Gasteiger partial charge on any atom is 0.270 e. The molecule has 2 heterocycles. The molecule has 1 aromatic heterocycles. The van der Waals surface area contributed by atoms with E-state index in [0.717, 1.165) is 44.5 Å². The second-order valence-electron chi connectivity index (χ2n) is 6.72. The molecule has 5 heteroatoms. The Morgan fingerprint density at radius 1 is 1.36 bits per heavy atom. The Kier molecular flexibility index (Phi) is 4.08. The number of nitrogens with zero attached hydrogens (tertiary/aromatic N) is 1. The molecule has 1 aromatic rings.